The minimum atomic E-state index is -0.0829. The summed E-state index contributed by atoms with van der Waals surface area (Å²) in [4.78, 5) is 26.0. The van der Waals surface area contributed by atoms with E-state index in [1.54, 1.807) is 24.3 Å². The summed E-state index contributed by atoms with van der Waals surface area (Å²) >= 11 is 5.93. The Morgan fingerprint density at radius 1 is 1.05 bits per heavy atom. The summed E-state index contributed by atoms with van der Waals surface area (Å²) < 4.78 is 0. The molecule has 1 heterocycles. The van der Waals surface area contributed by atoms with Crippen molar-refractivity contribution in [3.05, 3.63) is 29.3 Å². The molecule has 2 amide bonds. The summed E-state index contributed by atoms with van der Waals surface area (Å²) in [5.41, 5.74) is 0.541. The summed E-state index contributed by atoms with van der Waals surface area (Å²) in [7, 11) is 0. The second-order valence-corrected chi connectivity index (χ2v) is 6.10. The summed E-state index contributed by atoms with van der Waals surface area (Å²) in [5.74, 6) is -0.166. The van der Waals surface area contributed by atoms with Crippen molar-refractivity contribution in [1.29, 1.82) is 0 Å². The molecule has 2 aliphatic rings. The van der Waals surface area contributed by atoms with Crippen LogP contribution in [0.3, 0.4) is 0 Å². The highest BCUT2D eigenvalue weighted by Gasteiger charge is 2.45. The molecule has 0 atom stereocenters. The van der Waals surface area contributed by atoms with Crippen LogP contribution in [0.15, 0.2) is 24.3 Å². The third kappa shape index (κ3) is 2.27. The molecule has 1 aliphatic carbocycles. The van der Waals surface area contributed by atoms with E-state index >= 15 is 0 Å². The van der Waals surface area contributed by atoms with Crippen LogP contribution in [0.25, 0.3) is 0 Å². The lowest BCUT2D eigenvalue weighted by molar-refractivity contribution is -0.133. The van der Waals surface area contributed by atoms with Crippen LogP contribution in [0.2, 0.25) is 5.02 Å². The molecular formula is C15H16ClNO2. The van der Waals surface area contributed by atoms with E-state index in [0.29, 0.717) is 23.6 Å². The molecule has 0 bridgehead atoms. The van der Waals surface area contributed by atoms with Crippen molar-refractivity contribution in [2.45, 2.75) is 38.5 Å². The predicted molar refractivity (Wildman–Crippen MR) is 74.1 cm³/mol. The van der Waals surface area contributed by atoms with E-state index in [1.165, 1.54) is 4.90 Å². The van der Waals surface area contributed by atoms with Gasteiger partial charge in [0.2, 0.25) is 11.8 Å². The number of halogens is 1. The Morgan fingerprint density at radius 2 is 1.68 bits per heavy atom. The highest BCUT2D eigenvalue weighted by molar-refractivity contribution is 6.31. The minimum Gasteiger partial charge on any atom is -0.274 e. The van der Waals surface area contributed by atoms with E-state index < -0.39 is 0 Å². The first-order valence-electron chi connectivity index (χ1n) is 6.71. The number of amides is 2. The van der Waals surface area contributed by atoms with E-state index in [1.807, 2.05) is 0 Å². The van der Waals surface area contributed by atoms with Crippen molar-refractivity contribution in [1.82, 2.24) is 0 Å². The molecule has 2 fully saturated rings. The molecular weight excluding hydrogens is 262 g/mol. The highest BCUT2D eigenvalue weighted by atomic mass is 35.5. The zero-order valence-corrected chi connectivity index (χ0v) is 11.4. The third-order valence-corrected chi connectivity index (χ3v) is 4.52. The summed E-state index contributed by atoms with van der Waals surface area (Å²) in [6.07, 6.45) is 5.27. The fraction of sp³-hybridized carbons (Fsp3) is 0.467. The standard InChI is InChI=1S/C15H16ClNO2/c16-11-4-3-5-12(8-11)17-13(18)9-15(10-14(17)19)6-1-2-7-15/h3-5,8H,1-2,6-7,9-10H2. The number of carbonyl (C=O) groups is 2. The van der Waals surface area contributed by atoms with Crippen LogP contribution in [-0.2, 0) is 9.59 Å². The summed E-state index contributed by atoms with van der Waals surface area (Å²) in [6, 6.07) is 6.93. The zero-order chi connectivity index (χ0) is 13.5. The van der Waals surface area contributed by atoms with E-state index in [2.05, 4.69) is 0 Å². The molecule has 100 valence electrons. The van der Waals surface area contributed by atoms with Crippen LogP contribution in [0.1, 0.15) is 38.5 Å². The van der Waals surface area contributed by atoms with Gasteiger partial charge < -0.3 is 0 Å². The fourth-order valence-electron chi connectivity index (χ4n) is 3.38. The Kier molecular flexibility index (Phi) is 3.09. The molecule has 1 aliphatic heterocycles. The lowest BCUT2D eigenvalue weighted by atomic mass is 9.76. The zero-order valence-electron chi connectivity index (χ0n) is 10.7. The van der Waals surface area contributed by atoms with Crippen molar-refractivity contribution in [3.8, 4) is 0 Å². The molecule has 4 heteroatoms. The van der Waals surface area contributed by atoms with Gasteiger partial charge >= 0.3 is 0 Å². The predicted octanol–water partition coefficient (Wildman–Crippen LogP) is 3.55. The van der Waals surface area contributed by atoms with Crippen LogP contribution >= 0.6 is 11.6 Å². The van der Waals surface area contributed by atoms with E-state index in [4.69, 9.17) is 11.6 Å². The molecule has 0 radical (unpaired) electrons. The van der Waals surface area contributed by atoms with E-state index in [0.717, 1.165) is 25.7 Å². The third-order valence-electron chi connectivity index (χ3n) is 4.28. The number of imide groups is 1. The molecule has 1 saturated carbocycles. The minimum absolute atomic E-state index is 0.0523. The quantitative estimate of drug-likeness (QED) is 0.736. The van der Waals surface area contributed by atoms with Gasteiger partial charge in [-0.2, -0.15) is 0 Å². The topological polar surface area (TPSA) is 37.4 Å². The number of hydrogen-bond acceptors (Lipinski definition) is 2. The van der Waals surface area contributed by atoms with E-state index in [-0.39, 0.29) is 17.2 Å². The number of rotatable bonds is 1. The average Bonchev–Trinajstić information content (AvgIpc) is 2.76. The van der Waals surface area contributed by atoms with Crippen molar-refractivity contribution in [2.24, 2.45) is 5.41 Å². The lowest BCUT2D eigenvalue weighted by Gasteiger charge is -2.37. The number of nitrogens with zero attached hydrogens (tertiary/aromatic N) is 1. The normalized spacial score (nSPS) is 22.3. The summed E-state index contributed by atoms with van der Waals surface area (Å²) in [6.45, 7) is 0. The van der Waals surface area contributed by atoms with Gasteiger partial charge in [-0.25, -0.2) is 0 Å². The van der Waals surface area contributed by atoms with Crippen LogP contribution < -0.4 is 4.90 Å². The van der Waals surface area contributed by atoms with Crippen LogP contribution in [-0.4, -0.2) is 11.8 Å². The second-order valence-electron chi connectivity index (χ2n) is 5.66. The molecule has 3 rings (SSSR count). The Morgan fingerprint density at radius 3 is 2.26 bits per heavy atom. The number of hydrogen-bond donors (Lipinski definition) is 0. The fourth-order valence-corrected chi connectivity index (χ4v) is 3.57. The van der Waals surface area contributed by atoms with Gasteiger partial charge in [0.05, 0.1) is 5.69 Å². The maximum Gasteiger partial charge on any atom is 0.234 e. The van der Waals surface area contributed by atoms with Gasteiger partial charge in [-0.15, -0.1) is 0 Å². The highest BCUT2D eigenvalue weighted by Crippen LogP contribution is 2.47. The first-order valence-corrected chi connectivity index (χ1v) is 7.09. The smallest absolute Gasteiger partial charge is 0.234 e. The van der Waals surface area contributed by atoms with Gasteiger partial charge in [-0.3, -0.25) is 14.5 Å². The Labute approximate surface area is 117 Å². The number of piperidine rings is 1. The average molecular weight is 278 g/mol. The van der Waals surface area contributed by atoms with Gasteiger partial charge in [0.15, 0.2) is 0 Å². The van der Waals surface area contributed by atoms with Gasteiger partial charge in [0.1, 0.15) is 0 Å². The van der Waals surface area contributed by atoms with E-state index in [9.17, 15) is 9.59 Å². The number of anilines is 1. The Balaban J connectivity index is 1.88. The van der Waals surface area contributed by atoms with Crippen molar-refractivity contribution in [3.63, 3.8) is 0 Å². The van der Waals surface area contributed by atoms with Crippen molar-refractivity contribution < 1.29 is 9.59 Å². The molecule has 3 nitrogen and oxygen atoms in total. The summed E-state index contributed by atoms with van der Waals surface area (Å²) in [5, 5.41) is 0.541. The maximum atomic E-state index is 12.3. The second kappa shape index (κ2) is 4.64. The maximum absolute atomic E-state index is 12.3. The van der Waals surface area contributed by atoms with Crippen LogP contribution in [0.4, 0.5) is 5.69 Å². The first-order chi connectivity index (χ1) is 9.10. The van der Waals surface area contributed by atoms with Gasteiger partial charge in [0, 0.05) is 17.9 Å². The molecule has 1 saturated heterocycles. The molecule has 19 heavy (non-hydrogen) atoms. The number of carbonyl (C=O) groups excluding carboxylic acids is 2. The van der Waals surface area contributed by atoms with Crippen LogP contribution in [0, 0.1) is 5.41 Å². The Bertz CT molecular complexity index is 515. The Hall–Kier alpha value is -1.35. The lowest BCUT2D eigenvalue weighted by Crippen LogP contribution is -2.47. The largest absolute Gasteiger partial charge is 0.274 e. The van der Waals surface area contributed by atoms with Crippen LogP contribution in [0.5, 0.6) is 0 Å². The first kappa shape index (κ1) is 12.7. The number of benzene rings is 1. The van der Waals surface area contributed by atoms with Crippen molar-refractivity contribution in [2.75, 3.05) is 4.90 Å². The monoisotopic (exact) mass is 277 g/mol. The van der Waals surface area contributed by atoms with Gasteiger partial charge in [-0.1, -0.05) is 30.5 Å². The molecule has 1 aromatic rings. The molecule has 0 N–H and O–H groups in total. The van der Waals surface area contributed by atoms with Crippen molar-refractivity contribution >= 4 is 29.1 Å². The SMILES string of the molecule is O=C1CC2(CCCC2)CC(=O)N1c1cccc(Cl)c1. The van der Waals surface area contributed by atoms with Gasteiger partial charge in [0.25, 0.3) is 0 Å². The molecule has 0 aromatic heterocycles. The molecule has 0 unspecified atom stereocenters. The van der Waals surface area contributed by atoms with Gasteiger partial charge in [-0.05, 0) is 36.5 Å². The molecule has 1 aromatic carbocycles. The molecule has 1 spiro atoms.